The number of benzene rings is 2. The quantitative estimate of drug-likeness (QED) is 0.479. The van der Waals surface area contributed by atoms with Gasteiger partial charge in [-0.25, -0.2) is 19.7 Å². The fourth-order valence-corrected chi connectivity index (χ4v) is 4.86. The topological polar surface area (TPSA) is 111 Å². The molecule has 0 bridgehead atoms. The number of amides is 1. The van der Waals surface area contributed by atoms with Crippen molar-refractivity contribution < 1.29 is 19.4 Å². The van der Waals surface area contributed by atoms with E-state index in [0.29, 0.717) is 17.6 Å². The number of nitrogens with zero attached hydrogens (tertiary/aromatic N) is 4. The third-order valence-electron chi connectivity index (χ3n) is 6.59. The van der Waals surface area contributed by atoms with Crippen LogP contribution in [-0.2, 0) is 9.47 Å². The highest BCUT2D eigenvalue weighted by atomic mass is 16.5. The second kappa shape index (κ2) is 8.19. The molecule has 0 spiro atoms. The Balaban J connectivity index is 1.19. The lowest BCUT2D eigenvalue weighted by molar-refractivity contribution is -0.00632. The van der Waals surface area contributed by atoms with Gasteiger partial charge in [-0.05, 0) is 29.2 Å². The molecule has 2 aromatic heterocycles. The van der Waals surface area contributed by atoms with E-state index in [0.717, 1.165) is 11.1 Å². The van der Waals surface area contributed by atoms with Crippen LogP contribution in [-0.4, -0.2) is 49.5 Å². The molecule has 2 aromatic carbocycles. The Kier molecular flexibility index (Phi) is 5.00. The van der Waals surface area contributed by atoms with Gasteiger partial charge >= 0.3 is 6.09 Å². The third-order valence-corrected chi connectivity index (χ3v) is 6.59. The van der Waals surface area contributed by atoms with Gasteiger partial charge in [0.15, 0.2) is 17.0 Å². The van der Waals surface area contributed by atoms with Crippen molar-refractivity contribution in [3.63, 3.8) is 0 Å². The molecule has 4 aromatic rings. The highest BCUT2D eigenvalue weighted by Gasteiger charge is 2.33. The van der Waals surface area contributed by atoms with Crippen LogP contribution >= 0.6 is 0 Å². The summed E-state index contributed by atoms with van der Waals surface area (Å²) < 4.78 is 13.2. The number of carbonyl (C=O) groups excluding carboxylic acids is 1. The lowest BCUT2D eigenvalue weighted by Crippen LogP contribution is -2.19. The summed E-state index contributed by atoms with van der Waals surface area (Å²) in [5, 5.41) is 12.7. The Morgan fingerprint density at radius 1 is 1.12 bits per heavy atom. The van der Waals surface area contributed by atoms with Gasteiger partial charge in [0.2, 0.25) is 0 Å². The third kappa shape index (κ3) is 3.41. The molecule has 34 heavy (non-hydrogen) atoms. The Morgan fingerprint density at radius 3 is 2.50 bits per heavy atom. The standard InChI is InChI=1S/C25H23N5O4/c1-14-20(31)10-21(34-14)30-13-28-22-23(26-12-27-24(22)30)29-25(32)33-11-19-17-8-4-2-6-15(17)16-7-3-5-9-18(16)19/h2-9,12-14,19-21,31H,10-11H2,1H3,(H,26,27,29,32)/t14-,20?,21-/m1/s1. The molecule has 1 saturated heterocycles. The summed E-state index contributed by atoms with van der Waals surface area (Å²) in [7, 11) is 0. The average molecular weight is 457 g/mol. The lowest BCUT2D eigenvalue weighted by atomic mass is 9.98. The zero-order valence-electron chi connectivity index (χ0n) is 18.5. The van der Waals surface area contributed by atoms with Crippen LogP contribution in [0.15, 0.2) is 61.2 Å². The minimum atomic E-state index is -0.613. The molecule has 1 fully saturated rings. The first-order chi connectivity index (χ1) is 16.6. The van der Waals surface area contributed by atoms with Gasteiger partial charge < -0.3 is 14.6 Å². The van der Waals surface area contributed by atoms with Crippen LogP contribution in [0.3, 0.4) is 0 Å². The van der Waals surface area contributed by atoms with Crippen LogP contribution in [0.4, 0.5) is 10.6 Å². The minimum absolute atomic E-state index is 0.0318. The number of ether oxygens (including phenoxy) is 2. The van der Waals surface area contributed by atoms with Gasteiger partial charge in [-0.2, -0.15) is 0 Å². The van der Waals surface area contributed by atoms with E-state index < -0.39 is 12.2 Å². The fraction of sp³-hybridized carbons (Fsp3) is 0.280. The van der Waals surface area contributed by atoms with Crippen molar-refractivity contribution in [3.8, 4) is 11.1 Å². The summed E-state index contributed by atoms with van der Waals surface area (Å²) in [5.41, 5.74) is 5.57. The summed E-state index contributed by atoms with van der Waals surface area (Å²) in [6.45, 7) is 2.02. The van der Waals surface area contributed by atoms with E-state index in [2.05, 4.69) is 44.5 Å². The molecule has 9 nitrogen and oxygen atoms in total. The number of hydrogen-bond acceptors (Lipinski definition) is 7. The van der Waals surface area contributed by atoms with Gasteiger partial charge in [-0.15, -0.1) is 0 Å². The van der Waals surface area contributed by atoms with Gasteiger partial charge in [0.25, 0.3) is 0 Å². The SMILES string of the molecule is C[C@H]1O[C@@H](n2cnc3c(NC(=O)OCC4c5ccccc5-c5ccccc54)ncnc32)CC1O. The number of carbonyl (C=O) groups is 1. The van der Waals surface area contributed by atoms with Crippen molar-refractivity contribution in [3.05, 3.63) is 72.3 Å². The van der Waals surface area contributed by atoms with Crippen LogP contribution in [0.1, 0.15) is 36.6 Å². The first-order valence-electron chi connectivity index (χ1n) is 11.2. The molecule has 172 valence electrons. The number of fused-ring (bicyclic) bond motifs is 4. The Bertz CT molecular complexity index is 1330. The maximum atomic E-state index is 12.7. The lowest BCUT2D eigenvalue weighted by Gasteiger charge is -2.14. The van der Waals surface area contributed by atoms with E-state index in [-0.39, 0.29) is 30.7 Å². The van der Waals surface area contributed by atoms with Crippen molar-refractivity contribution in [2.75, 3.05) is 11.9 Å². The largest absolute Gasteiger partial charge is 0.448 e. The zero-order chi connectivity index (χ0) is 23.2. The van der Waals surface area contributed by atoms with Gasteiger partial charge in [-0.3, -0.25) is 9.88 Å². The average Bonchev–Trinajstić information content (AvgIpc) is 3.52. The molecule has 0 radical (unpaired) electrons. The summed E-state index contributed by atoms with van der Waals surface area (Å²) in [6, 6.07) is 16.4. The van der Waals surface area contributed by atoms with E-state index in [9.17, 15) is 9.90 Å². The molecule has 1 unspecified atom stereocenters. The molecule has 1 amide bonds. The van der Waals surface area contributed by atoms with Crippen LogP contribution in [0.5, 0.6) is 0 Å². The first kappa shape index (κ1) is 20.8. The zero-order valence-corrected chi connectivity index (χ0v) is 18.5. The van der Waals surface area contributed by atoms with Gasteiger partial charge in [0.1, 0.15) is 19.2 Å². The van der Waals surface area contributed by atoms with E-state index in [1.807, 2.05) is 31.2 Å². The first-order valence-corrected chi connectivity index (χ1v) is 11.2. The van der Waals surface area contributed by atoms with Crippen molar-refractivity contribution in [1.82, 2.24) is 19.5 Å². The van der Waals surface area contributed by atoms with Crippen molar-refractivity contribution in [1.29, 1.82) is 0 Å². The fourth-order valence-electron chi connectivity index (χ4n) is 4.86. The molecule has 3 heterocycles. The van der Waals surface area contributed by atoms with Crippen LogP contribution < -0.4 is 5.32 Å². The second-order valence-electron chi connectivity index (χ2n) is 8.60. The summed E-state index contributed by atoms with van der Waals surface area (Å²) in [6.07, 6.45) is 1.55. The number of aromatic nitrogens is 4. The second-order valence-corrected chi connectivity index (χ2v) is 8.60. The highest BCUT2D eigenvalue weighted by molar-refractivity contribution is 5.93. The van der Waals surface area contributed by atoms with Crippen molar-refractivity contribution in [2.24, 2.45) is 0 Å². The van der Waals surface area contributed by atoms with Crippen LogP contribution in [0, 0.1) is 0 Å². The Hall–Kier alpha value is -3.82. The smallest absolute Gasteiger partial charge is 0.412 e. The van der Waals surface area contributed by atoms with Gasteiger partial charge in [0, 0.05) is 12.3 Å². The van der Waals surface area contributed by atoms with Crippen LogP contribution in [0.25, 0.3) is 22.3 Å². The van der Waals surface area contributed by atoms with E-state index in [4.69, 9.17) is 9.47 Å². The molecule has 3 atom stereocenters. The maximum Gasteiger partial charge on any atom is 0.412 e. The number of imidazole rings is 1. The molecule has 2 N–H and O–H groups in total. The van der Waals surface area contributed by atoms with Crippen LogP contribution in [0.2, 0.25) is 0 Å². The van der Waals surface area contributed by atoms with E-state index in [1.165, 1.54) is 17.5 Å². The molecule has 1 aliphatic heterocycles. The number of hydrogen-bond donors (Lipinski definition) is 2. The minimum Gasteiger partial charge on any atom is -0.448 e. The number of anilines is 1. The predicted octanol–water partition coefficient (Wildman–Crippen LogP) is 3.86. The predicted molar refractivity (Wildman–Crippen MR) is 124 cm³/mol. The summed E-state index contributed by atoms with van der Waals surface area (Å²) >= 11 is 0. The normalized spacial score (nSPS) is 21.4. The van der Waals surface area contributed by atoms with Gasteiger partial charge in [-0.1, -0.05) is 48.5 Å². The monoisotopic (exact) mass is 457 g/mol. The number of nitrogens with one attached hydrogen (secondary N) is 1. The van der Waals surface area contributed by atoms with Crippen molar-refractivity contribution in [2.45, 2.75) is 37.7 Å². The molecular weight excluding hydrogens is 434 g/mol. The molecule has 1 aliphatic carbocycles. The summed E-state index contributed by atoms with van der Waals surface area (Å²) in [4.78, 5) is 25.5. The molecule has 9 heteroatoms. The molecular formula is C25H23N5O4. The summed E-state index contributed by atoms with van der Waals surface area (Å²) in [5.74, 6) is 0.225. The van der Waals surface area contributed by atoms with Crippen molar-refractivity contribution >= 4 is 23.1 Å². The van der Waals surface area contributed by atoms with Gasteiger partial charge in [0.05, 0.1) is 18.5 Å². The highest BCUT2D eigenvalue weighted by Crippen LogP contribution is 2.44. The van der Waals surface area contributed by atoms with E-state index >= 15 is 0 Å². The molecule has 6 rings (SSSR count). The Morgan fingerprint density at radius 2 is 1.82 bits per heavy atom. The number of aliphatic hydroxyl groups excluding tert-OH is 1. The number of rotatable bonds is 4. The van der Waals surface area contributed by atoms with E-state index in [1.54, 1.807) is 10.9 Å². The molecule has 0 saturated carbocycles. The Labute approximate surface area is 195 Å². The molecule has 2 aliphatic rings. The maximum absolute atomic E-state index is 12.7. The number of aliphatic hydroxyl groups is 1.